The summed E-state index contributed by atoms with van der Waals surface area (Å²) in [6.07, 6.45) is 0. The Labute approximate surface area is 163 Å². The van der Waals surface area contributed by atoms with Gasteiger partial charge in [-0.25, -0.2) is 13.6 Å². The smallest absolute Gasteiger partial charge is 0.349 e. The van der Waals surface area contributed by atoms with Gasteiger partial charge in [-0.3, -0.25) is 9.59 Å². The molecule has 29 heavy (non-hydrogen) atoms. The fourth-order valence-electron chi connectivity index (χ4n) is 3.31. The van der Waals surface area contributed by atoms with Crippen LogP contribution in [0.2, 0.25) is 0 Å². The van der Waals surface area contributed by atoms with Crippen LogP contribution in [0.4, 0.5) is 8.78 Å². The Balaban J connectivity index is 1.47. The summed E-state index contributed by atoms with van der Waals surface area (Å²) in [5.41, 5.74) is -0.340. The van der Waals surface area contributed by atoms with Crippen molar-refractivity contribution in [1.29, 1.82) is 0 Å². The van der Waals surface area contributed by atoms with E-state index < -0.39 is 29.1 Å². The van der Waals surface area contributed by atoms with Crippen LogP contribution in [0.1, 0.15) is 20.7 Å². The lowest BCUT2D eigenvalue weighted by atomic mass is 10.1. The Hall–Kier alpha value is -3.55. The number of carbonyl (C=O) groups excluding carboxylic acids is 2. The SMILES string of the molecule is O=C(c1ccc(F)c(F)c1)N1CCN(C(=O)c2cc3ccccc3oc2=O)CC1. The molecule has 1 aromatic heterocycles. The zero-order valence-corrected chi connectivity index (χ0v) is 15.2. The van der Waals surface area contributed by atoms with E-state index in [4.69, 9.17) is 4.42 Å². The fourth-order valence-corrected chi connectivity index (χ4v) is 3.31. The topological polar surface area (TPSA) is 70.8 Å². The molecule has 148 valence electrons. The predicted molar refractivity (Wildman–Crippen MR) is 101 cm³/mol. The van der Waals surface area contributed by atoms with Crippen molar-refractivity contribution in [3.05, 3.63) is 81.7 Å². The highest BCUT2D eigenvalue weighted by Gasteiger charge is 2.27. The van der Waals surface area contributed by atoms with Crippen molar-refractivity contribution < 1.29 is 22.8 Å². The number of nitrogens with zero attached hydrogens (tertiary/aromatic N) is 2. The number of piperazine rings is 1. The van der Waals surface area contributed by atoms with Gasteiger partial charge in [0.05, 0.1) is 0 Å². The highest BCUT2D eigenvalue weighted by molar-refractivity contribution is 5.97. The maximum atomic E-state index is 13.4. The molecule has 1 aliphatic rings. The van der Waals surface area contributed by atoms with Crippen LogP contribution in [-0.4, -0.2) is 47.8 Å². The molecule has 0 atom stereocenters. The summed E-state index contributed by atoms with van der Waals surface area (Å²) in [6, 6.07) is 11.4. The number of benzene rings is 2. The molecule has 2 aromatic carbocycles. The molecule has 0 N–H and O–H groups in total. The van der Waals surface area contributed by atoms with Crippen molar-refractivity contribution in [1.82, 2.24) is 9.80 Å². The average Bonchev–Trinajstić information content (AvgIpc) is 2.74. The van der Waals surface area contributed by atoms with E-state index in [1.165, 1.54) is 21.9 Å². The summed E-state index contributed by atoms with van der Waals surface area (Å²) in [6.45, 7) is 0.839. The monoisotopic (exact) mass is 398 g/mol. The minimum absolute atomic E-state index is 0.0406. The van der Waals surface area contributed by atoms with Gasteiger partial charge in [-0.2, -0.15) is 0 Å². The predicted octanol–water partition coefficient (Wildman–Crippen LogP) is 2.67. The Kier molecular flexibility index (Phi) is 4.84. The Bertz CT molecular complexity index is 1170. The molecule has 0 radical (unpaired) electrons. The van der Waals surface area contributed by atoms with Crippen LogP contribution in [0.25, 0.3) is 11.0 Å². The third-order valence-electron chi connectivity index (χ3n) is 4.89. The van der Waals surface area contributed by atoms with E-state index in [2.05, 4.69) is 0 Å². The minimum Gasteiger partial charge on any atom is -0.422 e. The van der Waals surface area contributed by atoms with Gasteiger partial charge in [-0.15, -0.1) is 0 Å². The van der Waals surface area contributed by atoms with Gasteiger partial charge in [0.25, 0.3) is 11.8 Å². The van der Waals surface area contributed by atoms with Crippen molar-refractivity contribution in [3.63, 3.8) is 0 Å². The quantitative estimate of drug-likeness (QED) is 0.623. The maximum Gasteiger partial charge on any atom is 0.349 e. The van der Waals surface area contributed by atoms with Crippen LogP contribution in [0.15, 0.2) is 57.7 Å². The van der Waals surface area contributed by atoms with Gasteiger partial charge in [-0.05, 0) is 30.3 Å². The molecule has 2 heterocycles. The van der Waals surface area contributed by atoms with E-state index in [1.807, 2.05) is 0 Å². The number of halogens is 2. The largest absolute Gasteiger partial charge is 0.422 e. The molecule has 0 saturated carbocycles. The van der Waals surface area contributed by atoms with Crippen molar-refractivity contribution >= 4 is 22.8 Å². The molecule has 0 spiro atoms. The summed E-state index contributed by atoms with van der Waals surface area (Å²) in [4.78, 5) is 40.4. The number of hydrogen-bond acceptors (Lipinski definition) is 4. The van der Waals surface area contributed by atoms with E-state index in [0.717, 1.165) is 12.1 Å². The summed E-state index contributed by atoms with van der Waals surface area (Å²) >= 11 is 0. The zero-order valence-electron chi connectivity index (χ0n) is 15.2. The molecule has 6 nitrogen and oxygen atoms in total. The highest BCUT2D eigenvalue weighted by Crippen LogP contribution is 2.16. The first-order chi connectivity index (χ1) is 13.9. The summed E-state index contributed by atoms with van der Waals surface area (Å²) < 4.78 is 31.6. The lowest BCUT2D eigenvalue weighted by Crippen LogP contribution is -2.51. The molecule has 4 rings (SSSR count). The van der Waals surface area contributed by atoms with Crippen LogP contribution >= 0.6 is 0 Å². The number of para-hydroxylation sites is 1. The number of hydrogen-bond donors (Lipinski definition) is 0. The number of fused-ring (bicyclic) bond motifs is 1. The number of carbonyl (C=O) groups is 2. The van der Waals surface area contributed by atoms with Crippen molar-refractivity contribution in [2.75, 3.05) is 26.2 Å². The first kappa shape index (κ1) is 18.8. The lowest BCUT2D eigenvalue weighted by molar-refractivity contribution is 0.0533. The van der Waals surface area contributed by atoms with Crippen LogP contribution in [-0.2, 0) is 0 Å². The average molecular weight is 398 g/mol. The second-order valence-electron chi connectivity index (χ2n) is 6.70. The lowest BCUT2D eigenvalue weighted by Gasteiger charge is -2.34. The molecule has 8 heteroatoms. The molecule has 1 aliphatic heterocycles. The van der Waals surface area contributed by atoms with E-state index in [0.29, 0.717) is 11.0 Å². The van der Waals surface area contributed by atoms with E-state index in [1.54, 1.807) is 24.3 Å². The van der Waals surface area contributed by atoms with Gasteiger partial charge < -0.3 is 14.2 Å². The molecule has 0 aliphatic carbocycles. The minimum atomic E-state index is -1.09. The molecule has 2 amide bonds. The van der Waals surface area contributed by atoms with Crippen molar-refractivity contribution in [3.8, 4) is 0 Å². The molecular formula is C21H16F2N2O4. The second kappa shape index (κ2) is 7.46. The van der Waals surface area contributed by atoms with Gasteiger partial charge in [0, 0.05) is 37.1 Å². The highest BCUT2D eigenvalue weighted by atomic mass is 19.2. The van der Waals surface area contributed by atoms with E-state index in [-0.39, 0.29) is 37.3 Å². The number of amides is 2. The van der Waals surface area contributed by atoms with Gasteiger partial charge in [-0.1, -0.05) is 18.2 Å². The third-order valence-corrected chi connectivity index (χ3v) is 4.89. The first-order valence-corrected chi connectivity index (χ1v) is 9.00. The van der Waals surface area contributed by atoms with E-state index >= 15 is 0 Å². The molecule has 0 unspecified atom stereocenters. The van der Waals surface area contributed by atoms with Gasteiger partial charge in [0.2, 0.25) is 0 Å². The van der Waals surface area contributed by atoms with Gasteiger partial charge in [0.15, 0.2) is 11.6 Å². The third kappa shape index (κ3) is 3.61. The maximum absolute atomic E-state index is 13.4. The normalized spacial score (nSPS) is 14.3. The summed E-state index contributed by atoms with van der Waals surface area (Å²) in [7, 11) is 0. The standard InChI is InChI=1S/C21H16F2N2O4/c22-16-6-5-14(12-17(16)23)19(26)24-7-9-25(10-8-24)20(27)15-11-13-3-1-2-4-18(13)29-21(15)28/h1-6,11-12H,7-10H2. The summed E-state index contributed by atoms with van der Waals surface area (Å²) in [5.74, 6) is -3.02. The van der Waals surface area contributed by atoms with Crippen LogP contribution in [0.3, 0.4) is 0 Å². The van der Waals surface area contributed by atoms with Crippen molar-refractivity contribution in [2.24, 2.45) is 0 Å². The molecule has 1 fully saturated rings. The number of rotatable bonds is 2. The summed E-state index contributed by atoms with van der Waals surface area (Å²) in [5, 5.41) is 0.641. The van der Waals surface area contributed by atoms with Crippen LogP contribution < -0.4 is 5.63 Å². The molecular weight excluding hydrogens is 382 g/mol. The molecule has 0 bridgehead atoms. The Morgan fingerprint density at radius 1 is 0.828 bits per heavy atom. The van der Waals surface area contributed by atoms with Gasteiger partial charge in [0.1, 0.15) is 11.1 Å². The van der Waals surface area contributed by atoms with E-state index in [9.17, 15) is 23.2 Å². The molecule has 3 aromatic rings. The Morgan fingerprint density at radius 3 is 2.17 bits per heavy atom. The van der Waals surface area contributed by atoms with Crippen molar-refractivity contribution in [2.45, 2.75) is 0 Å². The first-order valence-electron chi connectivity index (χ1n) is 9.00. The second-order valence-corrected chi connectivity index (χ2v) is 6.70. The van der Waals surface area contributed by atoms with Crippen LogP contribution in [0, 0.1) is 11.6 Å². The Morgan fingerprint density at radius 2 is 1.48 bits per heavy atom. The molecule has 1 saturated heterocycles. The zero-order chi connectivity index (χ0) is 20.5. The fraction of sp³-hybridized carbons (Fsp3) is 0.190. The van der Waals surface area contributed by atoms with Crippen LogP contribution in [0.5, 0.6) is 0 Å². The van der Waals surface area contributed by atoms with Gasteiger partial charge >= 0.3 is 5.63 Å².